The first-order valence-corrected chi connectivity index (χ1v) is 7.10. The van der Waals surface area contributed by atoms with E-state index in [4.69, 9.17) is 0 Å². The van der Waals surface area contributed by atoms with E-state index in [1.165, 1.54) is 19.3 Å². The van der Waals surface area contributed by atoms with E-state index in [-0.39, 0.29) is 0 Å². The fourth-order valence-corrected chi connectivity index (χ4v) is 2.90. The molecule has 1 fully saturated rings. The molecule has 0 amide bonds. The second-order valence-corrected chi connectivity index (χ2v) is 5.31. The lowest BCUT2D eigenvalue weighted by atomic mass is 9.79. The summed E-state index contributed by atoms with van der Waals surface area (Å²) in [6, 6.07) is 0. The van der Waals surface area contributed by atoms with Gasteiger partial charge in [0, 0.05) is 25.8 Å². The number of rotatable bonds is 5. The van der Waals surface area contributed by atoms with Crippen LogP contribution in [0.5, 0.6) is 0 Å². The molecule has 0 aliphatic heterocycles. The highest BCUT2D eigenvalue weighted by atomic mass is 16.3. The lowest BCUT2D eigenvalue weighted by Gasteiger charge is -2.30. The SMILES string of the molecule is CNc1ncnc(NCC2CCCCC2CO)c1C. The standard InChI is InChI=1S/C14H24N4O/c1-10-13(15-2)17-9-18-14(10)16-7-11-5-3-4-6-12(11)8-19/h9,11-12,19H,3-8H2,1-2H3,(H2,15,16,17,18). The molecule has 106 valence electrons. The van der Waals surface area contributed by atoms with Crippen molar-refractivity contribution in [1.29, 1.82) is 0 Å². The number of nitrogens with one attached hydrogen (secondary N) is 2. The minimum absolute atomic E-state index is 0.302. The van der Waals surface area contributed by atoms with Crippen molar-refractivity contribution < 1.29 is 5.11 Å². The fourth-order valence-electron chi connectivity index (χ4n) is 2.90. The Labute approximate surface area is 114 Å². The first-order chi connectivity index (χ1) is 9.26. The molecule has 0 radical (unpaired) electrons. The van der Waals surface area contributed by atoms with E-state index in [9.17, 15) is 5.11 Å². The quantitative estimate of drug-likeness (QED) is 0.759. The van der Waals surface area contributed by atoms with Crippen LogP contribution in [-0.2, 0) is 0 Å². The number of nitrogens with zero attached hydrogens (tertiary/aromatic N) is 2. The van der Waals surface area contributed by atoms with E-state index < -0.39 is 0 Å². The smallest absolute Gasteiger partial charge is 0.134 e. The predicted octanol–water partition coefficient (Wildman–Crippen LogP) is 2.04. The van der Waals surface area contributed by atoms with Crippen LogP contribution < -0.4 is 10.6 Å². The molecule has 5 nitrogen and oxygen atoms in total. The minimum Gasteiger partial charge on any atom is -0.396 e. The summed E-state index contributed by atoms with van der Waals surface area (Å²) in [6.45, 7) is 3.20. The normalized spacial score (nSPS) is 23.1. The summed E-state index contributed by atoms with van der Waals surface area (Å²) in [4.78, 5) is 8.48. The summed E-state index contributed by atoms with van der Waals surface area (Å²) in [5.74, 6) is 2.74. The molecule has 0 bridgehead atoms. The molecule has 0 aromatic carbocycles. The van der Waals surface area contributed by atoms with E-state index in [1.807, 2.05) is 14.0 Å². The Bertz CT molecular complexity index is 410. The van der Waals surface area contributed by atoms with E-state index >= 15 is 0 Å². The van der Waals surface area contributed by atoms with Gasteiger partial charge in [-0.15, -0.1) is 0 Å². The zero-order chi connectivity index (χ0) is 13.7. The van der Waals surface area contributed by atoms with E-state index in [2.05, 4.69) is 20.6 Å². The minimum atomic E-state index is 0.302. The lowest BCUT2D eigenvalue weighted by molar-refractivity contribution is 0.141. The van der Waals surface area contributed by atoms with Gasteiger partial charge in [0.1, 0.15) is 18.0 Å². The first-order valence-electron chi connectivity index (χ1n) is 7.10. The molecule has 1 saturated carbocycles. The summed E-state index contributed by atoms with van der Waals surface area (Å²) < 4.78 is 0. The molecule has 1 heterocycles. The van der Waals surface area contributed by atoms with Crippen LogP contribution in [0.25, 0.3) is 0 Å². The molecule has 2 rings (SSSR count). The van der Waals surface area contributed by atoms with Gasteiger partial charge < -0.3 is 15.7 Å². The monoisotopic (exact) mass is 264 g/mol. The molecular weight excluding hydrogens is 240 g/mol. The Hall–Kier alpha value is -1.36. The number of hydrogen-bond acceptors (Lipinski definition) is 5. The molecule has 19 heavy (non-hydrogen) atoms. The van der Waals surface area contributed by atoms with Crippen LogP contribution in [-0.4, -0.2) is 35.3 Å². The molecule has 1 aliphatic rings. The van der Waals surface area contributed by atoms with Gasteiger partial charge in [0.05, 0.1) is 0 Å². The summed E-state index contributed by atoms with van der Waals surface area (Å²) >= 11 is 0. The lowest BCUT2D eigenvalue weighted by Crippen LogP contribution is -2.29. The topological polar surface area (TPSA) is 70.1 Å². The van der Waals surface area contributed by atoms with Gasteiger partial charge in [-0.25, -0.2) is 9.97 Å². The number of aromatic nitrogens is 2. The largest absolute Gasteiger partial charge is 0.396 e. The summed E-state index contributed by atoms with van der Waals surface area (Å²) in [5.41, 5.74) is 1.04. The van der Waals surface area contributed by atoms with Crippen molar-refractivity contribution in [2.45, 2.75) is 32.6 Å². The molecule has 0 saturated heterocycles. The van der Waals surface area contributed by atoms with Gasteiger partial charge in [-0.05, 0) is 31.6 Å². The van der Waals surface area contributed by atoms with E-state index in [0.717, 1.165) is 30.2 Å². The average molecular weight is 264 g/mol. The number of aliphatic hydroxyl groups is 1. The van der Waals surface area contributed by atoms with Gasteiger partial charge >= 0.3 is 0 Å². The molecule has 0 spiro atoms. The Kier molecular flexibility index (Phi) is 4.96. The van der Waals surface area contributed by atoms with Crippen molar-refractivity contribution in [2.75, 3.05) is 30.8 Å². The van der Waals surface area contributed by atoms with Gasteiger partial charge in [-0.1, -0.05) is 12.8 Å². The highest BCUT2D eigenvalue weighted by Gasteiger charge is 2.24. The molecular formula is C14H24N4O. The van der Waals surface area contributed by atoms with E-state index in [0.29, 0.717) is 18.4 Å². The third kappa shape index (κ3) is 3.35. The number of hydrogen-bond donors (Lipinski definition) is 3. The van der Waals surface area contributed by atoms with Crippen molar-refractivity contribution in [2.24, 2.45) is 11.8 Å². The van der Waals surface area contributed by atoms with Crippen LogP contribution in [0.3, 0.4) is 0 Å². The molecule has 1 aliphatic carbocycles. The highest BCUT2D eigenvalue weighted by molar-refractivity contribution is 5.56. The Morgan fingerprint density at radius 1 is 1.21 bits per heavy atom. The van der Waals surface area contributed by atoms with Gasteiger partial charge in [-0.2, -0.15) is 0 Å². The molecule has 1 aromatic rings. The second-order valence-electron chi connectivity index (χ2n) is 5.31. The Balaban J connectivity index is 1.98. The third-order valence-electron chi connectivity index (χ3n) is 4.15. The number of aliphatic hydroxyl groups excluding tert-OH is 1. The van der Waals surface area contributed by atoms with Crippen LogP contribution in [0.2, 0.25) is 0 Å². The van der Waals surface area contributed by atoms with Gasteiger partial charge in [0.2, 0.25) is 0 Å². The zero-order valence-electron chi connectivity index (χ0n) is 11.8. The Morgan fingerprint density at radius 2 is 1.89 bits per heavy atom. The second kappa shape index (κ2) is 6.70. The van der Waals surface area contributed by atoms with Crippen LogP contribution in [0, 0.1) is 18.8 Å². The van der Waals surface area contributed by atoms with Crippen molar-refractivity contribution in [3.05, 3.63) is 11.9 Å². The molecule has 5 heteroatoms. The highest BCUT2D eigenvalue weighted by Crippen LogP contribution is 2.30. The first kappa shape index (κ1) is 14.1. The maximum atomic E-state index is 9.43. The summed E-state index contributed by atoms with van der Waals surface area (Å²) in [5, 5.41) is 15.9. The van der Waals surface area contributed by atoms with Gasteiger partial charge in [0.15, 0.2) is 0 Å². The fraction of sp³-hybridized carbons (Fsp3) is 0.714. The average Bonchev–Trinajstić information content (AvgIpc) is 2.46. The maximum Gasteiger partial charge on any atom is 0.134 e. The Morgan fingerprint density at radius 3 is 2.58 bits per heavy atom. The van der Waals surface area contributed by atoms with Crippen molar-refractivity contribution >= 4 is 11.6 Å². The third-order valence-corrected chi connectivity index (χ3v) is 4.15. The molecule has 2 unspecified atom stereocenters. The van der Waals surface area contributed by atoms with Crippen LogP contribution in [0.4, 0.5) is 11.6 Å². The van der Waals surface area contributed by atoms with Crippen molar-refractivity contribution in [3.63, 3.8) is 0 Å². The zero-order valence-corrected chi connectivity index (χ0v) is 11.8. The van der Waals surface area contributed by atoms with E-state index in [1.54, 1.807) is 6.33 Å². The molecule has 3 N–H and O–H groups in total. The maximum absolute atomic E-state index is 9.43. The molecule has 2 atom stereocenters. The van der Waals surface area contributed by atoms with Gasteiger partial charge in [-0.3, -0.25) is 0 Å². The summed E-state index contributed by atoms with van der Waals surface area (Å²) in [6.07, 6.45) is 6.44. The van der Waals surface area contributed by atoms with Crippen LogP contribution >= 0.6 is 0 Å². The predicted molar refractivity (Wildman–Crippen MR) is 77.3 cm³/mol. The van der Waals surface area contributed by atoms with Crippen molar-refractivity contribution in [1.82, 2.24) is 9.97 Å². The molecule has 1 aromatic heterocycles. The van der Waals surface area contributed by atoms with Crippen molar-refractivity contribution in [3.8, 4) is 0 Å². The van der Waals surface area contributed by atoms with Gasteiger partial charge in [0.25, 0.3) is 0 Å². The van der Waals surface area contributed by atoms with Crippen LogP contribution in [0.15, 0.2) is 6.33 Å². The summed E-state index contributed by atoms with van der Waals surface area (Å²) in [7, 11) is 1.86. The van der Waals surface area contributed by atoms with Crippen LogP contribution in [0.1, 0.15) is 31.2 Å². The number of anilines is 2.